The van der Waals surface area contributed by atoms with Crippen LogP contribution in [0.25, 0.3) is 0 Å². The first-order valence-corrected chi connectivity index (χ1v) is 10.2. The summed E-state index contributed by atoms with van der Waals surface area (Å²) in [5.41, 5.74) is 2.30. The van der Waals surface area contributed by atoms with Gasteiger partial charge in [-0.15, -0.1) is 11.3 Å². The molecule has 1 amide bonds. The number of thiophene rings is 1. The highest BCUT2D eigenvalue weighted by Crippen LogP contribution is 2.26. The van der Waals surface area contributed by atoms with Crippen molar-refractivity contribution >= 4 is 22.9 Å². The van der Waals surface area contributed by atoms with Gasteiger partial charge in [-0.05, 0) is 47.9 Å². The second-order valence-electron chi connectivity index (χ2n) is 7.21. The van der Waals surface area contributed by atoms with Crippen LogP contribution in [-0.4, -0.2) is 11.9 Å². The second kappa shape index (κ2) is 8.52. The largest absolute Gasteiger partial charge is 0.369 e. The van der Waals surface area contributed by atoms with Crippen LogP contribution < -0.4 is 10.6 Å². The normalized spacial score (nSPS) is 16.6. The van der Waals surface area contributed by atoms with Crippen LogP contribution in [0.15, 0.2) is 41.8 Å². The van der Waals surface area contributed by atoms with Crippen molar-refractivity contribution in [1.82, 2.24) is 5.32 Å². The monoisotopic (exact) mass is 356 g/mol. The summed E-state index contributed by atoms with van der Waals surface area (Å²) in [7, 11) is 0. The zero-order valence-electron chi connectivity index (χ0n) is 15.1. The maximum atomic E-state index is 12.9. The van der Waals surface area contributed by atoms with Gasteiger partial charge in [-0.25, -0.2) is 0 Å². The third-order valence-corrected chi connectivity index (χ3v) is 5.87. The molecule has 1 fully saturated rings. The molecule has 3 rings (SSSR count). The minimum Gasteiger partial charge on any atom is -0.369 e. The predicted molar refractivity (Wildman–Crippen MR) is 106 cm³/mol. The van der Waals surface area contributed by atoms with Crippen molar-refractivity contribution in [3.63, 3.8) is 0 Å². The molecule has 1 saturated carbocycles. The highest BCUT2D eigenvalue weighted by atomic mass is 32.1. The summed E-state index contributed by atoms with van der Waals surface area (Å²) in [6.45, 7) is 4.38. The van der Waals surface area contributed by atoms with Gasteiger partial charge in [-0.1, -0.05) is 51.3 Å². The van der Waals surface area contributed by atoms with Crippen molar-refractivity contribution < 1.29 is 4.79 Å². The van der Waals surface area contributed by atoms with E-state index in [4.69, 9.17) is 0 Å². The first kappa shape index (κ1) is 18.0. The van der Waals surface area contributed by atoms with Gasteiger partial charge in [0.2, 0.25) is 5.91 Å². The number of hydrogen-bond donors (Lipinski definition) is 2. The highest BCUT2D eigenvalue weighted by molar-refractivity contribution is 7.10. The van der Waals surface area contributed by atoms with Gasteiger partial charge in [0.1, 0.15) is 6.04 Å². The zero-order valence-corrected chi connectivity index (χ0v) is 15.9. The lowest BCUT2D eigenvalue weighted by atomic mass is 9.95. The maximum Gasteiger partial charge on any atom is 0.248 e. The SMILES string of the molecule is CC(C)c1ccc(NC(C(=O)NC2CCCCC2)c2cccs2)cc1. The zero-order chi connectivity index (χ0) is 17.6. The van der Waals surface area contributed by atoms with E-state index in [-0.39, 0.29) is 11.9 Å². The average Bonchev–Trinajstić information content (AvgIpc) is 3.15. The number of carbonyl (C=O) groups is 1. The standard InChI is InChI=1S/C21H28N2OS/c1-15(2)16-10-12-18(13-11-16)22-20(19-9-6-14-25-19)21(24)23-17-7-4-3-5-8-17/h6,9-15,17,20,22H,3-5,7-8H2,1-2H3,(H,23,24). The molecule has 2 N–H and O–H groups in total. The lowest BCUT2D eigenvalue weighted by molar-refractivity contribution is -0.122. The van der Waals surface area contributed by atoms with Crippen molar-refractivity contribution in [2.75, 3.05) is 5.32 Å². The fourth-order valence-corrected chi connectivity index (χ4v) is 4.16. The fraction of sp³-hybridized carbons (Fsp3) is 0.476. The molecule has 0 saturated heterocycles. The molecule has 1 unspecified atom stereocenters. The van der Waals surface area contributed by atoms with E-state index in [0.29, 0.717) is 12.0 Å². The van der Waals surface area contributed by atoms with Crippen LogP contribution in [0, 0.1) is 0 Å². The fourth-order valence-electron chi connectivity index (χ4n) is 3.38. The van der Waals surface area contributed by atoms with Crippen LogP contribution in [0.5, 0.6) is 0 Å². The van der Waals surface area contributed by atoms with Crippen LogP contribution in [0.4, 0.5) is 5.69 Å². The molecule has 4 heteroatoms. The van der Waals surface area contributed by atoms with E-state index in [1.165, 1.54) is 24.8 Å². The van der Waals surface area contributed by atoms with E-state index in [1.54, 1.807) is 11.3 Å². The lowest BCUT2D eigenvalue weighted by Crippen LogP contribution is -2.41. The molecule has 1 aliphatic carbocycles. The number of rotatable bonds is 6. The predicted octanol–water partition coefficient (Wildman–Crippen LogP) is 5.47. The van der Waals surface area contributed by atoms with Crippen LogP contribution >= 0.6 is 11.3 Å². The summed E-state index contributed by atoms with van der Waals surface area (Å²) in [5.74, 6) is 0.596. The van der Waals surface area contributed by atoms with E-state index in [0.717, 1.165) is 23.4 Å². The summed E-state index contributed by atoms with van der Waals surface area (Å²) in [4.78, 5) is 14.0. The molecule has 0 radical (unpaired) electrons. The Kier molecular flexibility index (Phi) is 6.14. The van der Waals surface area contributed by atoms with E-state index in [9.17, 15) is 4.79 Å². The summed E-state index contributed by atoms with van der Waals surface area (Å²) in [6.07, 6.45) is 5.94. The molecular formula is C21H28N2OS. The van der Waals surface area contributed by atoms with E-state index in [2.05, 4.69) is 48.7 Å². The van der Waals surface area contributed by atoms with Crippen LogP contribution in [-0.2, 0) is 4.79 Å². The smallest absolute Gasteiger partial charge is 0.248 e. The van der Waals surface area contributed by atoms with Crippen molar-refractivity contribution in [3.8, 4) is 0 Å². The number of benzene rings is 1. The summed E-state index contributed by atoms with van der Waals surface area (Å²) in [5, 5.41) is 8.73. The molecule has 1 aromatic heterocycles. The van der Waals surface area contributed by atoms with Gasteiger partial charge in [0, 0.05) is 16.6 Å². The first-order chi connectivity index (χ1) is 12.1. The molecule has 1 aliphatic rings. The number of amides is 1. The molecule has 1 aromatic carbocycles. The van der Waals surface area contributed by atoms with Crippen molar-refractivity contribution in [1.29, 1.82) is 0 Å². The van der Waals surface area contributed by atoms with Crippen molar-refractivity contribution in [3.05, 3.63) is 52.2 Å². The molecular weight excluding hydrogens is 328 g/mol. The van der Waals surface area contributed by atoms with Gasteiger partial charge in [0.05, 0.1) is 0 Å². The molecule has 25 heavy (non-hydrogen) atoms. The second-order valence-corrected chi connectivity index (χ2v) is 8.19. The molecule has 0 spiro atoms. The molecule has 3 nitrogen and oxygen atoms in total. The van der Waals surface area contributed by atoms with Gasteiger partial charge in [-0.2, -0.15) is 0 Å². The maximum absolute atomic E-state index is 12.9. The van der Waals surface area contributed by atoms with E-state index in [1.807, 2.05) is 17.5 Å². The summed E-state index contributed by atoms with van der Waals surface area (Å²) >= 11 is 1.63. The molecule has 134 valence electrons. The number of hydrogen-bond acceptors (Lipinski definition) is 3. The quantitative estimate of drug-likeness (QED) is 0.720. The number of anilines is 1. The summed E-state index contributed by atoms with van der Waals surface area (Å²) < 4.78 is 0. The molecule has 1 heterocycles. The molecule has 0 bridgehead atoms. The third-order valence-electron chi connectivity index (χ3n) is 4.93. The Morgan fingerprint density at radius 2 is 1.80 bits per heavy atom. The Labute approximate surface area is 154 Å². The number of nitrogens with one attached hydrogen (secondary N) is 2. The third kappa shape index (κ3) is 4.85. The van der Waals surface area contributed by atoms with Gasteiger partial charge in [0.15, 0.2) is 0 Å². The van der Waals surface area contributed by atoms with Crippen molar-refractivity contribution in [2.24, 2.45) is 0 Å². The van der Waals surface area contributed by atoms with Crippen LogP contribution in [0.3, 0.4) is 0 Å². The Balaban J connectivity index is 1.72. The average molecular weight is 357 g/mol. The number of carbonyl (C=O) groups excluding carboxylic acids is 1. The van der Waals surface area contributed by atoms with Crippen LogP contribution in [0.2, 0.25) is 0 Å². The minimum absolute atomic E-state index is 0.0855. The van der Waals surface area contributed by atoms with E-state index < -0.39 is 0 Å². The lowest BCUT2D eigenvalue weighted by Gasteiger charge is -2.26. The first-order valence-electron chi connectivity index (χ1n) is 9.34. The van der Waals surface area contributed by atoms with Gasteiger partial charge >= 0.3 is 0 Å². The Hall–Kier alpha value is -1.81. The minimum atomic E-state index is -0.327. The summed E-state index contributed by atoms with van der Waals surface area (Å²) in [6, 6.07) is 12.5. The molecule has 2 aromatic rings. The molecule has 1 atom stereocenters. The van der Waals surface area contributed by atoms with E-state index >= 15 is 0 Å². The Morgan fingerprint density at radius 1 is 1.08 bits per heavy atom. The van der Waals surface area contributed by atoms with Crippen molar-refractivity contribution in [2.45, 2.75) is 64.0 Å². The molecule has 0 aliphatic heterocycles. The Morgan fingerprint density at radius 3 is 2.40 bits per heavy atom. The van der Waals surface area contributed by atoms with Gasteiger partial charge in [0.25, 0.3) is 0 Å². The highest BCUT2D eigenvalue weighted by Gasteiger charge is 2.25. The van der Waals surface area contributed by atoms with Gasteiger partial charge in [-0.3, -0.25) is 4.79 Å². The Bertz CT molecular complexity index is 658. The topological polar surface area (TPSA) is 41.1 Å². The van der Waals surface area contributed by atoms with Crippen LogP contribution in [0.1, 0.15) is 68.4 Å². The van der Waals surface area contributed by atoms with Gasteiger partial charge < -0.3 is 10.6 Å².